The van der Waals surface area contributed by atoms with Crippen LogP contribution in [0.5, 0.6) is 11.5 Å². The van der Waals surface area contributed by atoms with Gasteiger partial charge in [-0.25, -0.2) is 4.79 Å². The van der Waals surface area contributed by atoms with Gasteiger partial charge in [0.05, 0.1) is 19.8 Å². The quantitative estimate of drug-likeness (QED) is 0.709. The SMILES string of the molecule is COC(=O)C1=C(C)N=C(C)C(C(=O)OC)[C@@H]1c1cccc(Oc2ccccc2)c1. The van der Waals surface area contributed by atoms with Crippen molar-refractivity contribution in [3.8, 4) is 11.5 Å². The summed E-state index contributed by atoms with van der Waals surface area (Å²) < 4.78 is 15.9. The highest BCUT2D eigenvalue weighted by molar-refractivity contribution is 6.06. The van der Waals surface area contributed by atoms with Crippen LogP contribution in [0.2, 0.25) is 0 Å². The molecule has 0 spiro atoms. The van der Waals surface area contributed by atoms with E-state index in [1.807, 2.05) is 54.6 Å². The van der Waals surface area contributed by atoms with E-state index in [1.165, 1.54) is 14.2 Å². The van der Waals surface area contributed by atoms with Gasteiger partial charge >= 0.3 is 11.9 Å². The van der Waals surface area contributed by atoms with E-state index < -0.39 is 23.8 Å². The lowest BCUT2D eigenvalue weighted by Gasteiger charge is -2.31. The molecule has 1 aliphatic rings. The molecular weight excluding hydrogens is 370 g/mol. The Labute approximate surface area is 169 Å². The third-order valence-corrected chi connectivity index (χ3v) is 4.88. The number of benzene rings is 2. The zero-order chi connectivity index (χ0) is 21.0. The standard InChI is InChI=1S/C23H23NO5/c1-14-19(22(25)27-3)21(20(15(2)24-14)23(26)28-4)16-9-8-12-18(13-16)29-17-10-6-5-7-11-17/h5-13,19,21H,1-4H3/t19?,21-/m0/s1. The third-order valence-electron chi connectivity index (χ3n) is 4.88. The van der Waals surface area contributed by atoms with Crippen LogP contribution in [0.3, 0.4) is 0 Å². The van der Waals surface area contributed by atoms with Crippen molar-refractivity contribution in [3.05, 3.63) is 71.4 Å². The summed E-state index contributed by atoms with van der Waals surface area (Å²) in [7, 11) is 2.64. The van der Waals surface area contributed by atoms with Gasteiger partial charge in [0.25, 0.3) is 0 Å². The van der Waals surface area contributed by atoms with Crippen LogP contribution in [0, 0.1) is 5.92 Å². The smallest absolute Gasteiger partial charge is 0.336 e. The molecule has 0 saturated heterocycles. The molecule has 0 N–H and O–H groups in total. The van der Waals surface area contributed by atoms with E-state index in [0.717, 1.165) is 5.56 Å². The van der Waals surface area contributed by atoms with Crippen LogP contribution in [-0.4, -0.2) is 31.9 Å². The number of hydrogen-bond acceptors (Lipinski definition) is 6. The van der Waals surface area contributed by atoms with Crippen LogP contribution in [0.25, 0.3) is 0 Å². The zero-order valence-electron chi connectivity index (χ0n) is 16.8. The second kappa shape index (κ2) is 8.73. The van der Waals surface area contributed by atoms with E-state index in [-0.39, 0.29) is 0 Å². The van der Waals surface area contributed by atoms with E-state index in [9.17, 15) is 9.59 Å². The molecule has 1 aliphatic heterocycles. The van der Waals surface area contributed by atoms with Gasteiger partial charge in [-0.15, -0.1) is 0 Å². The highest BCUT2D eigenvalue weighted by Crippen LogP contribution is 2.41. The van der Waals surface area contributed by atoms with Crippen LogP contribution in [-0.2, 0) is 19.1 Å². The van der Waals surface area contributed by atoms with Gasteiger partial charge in [0.15, 0.2) is 0 Å². The summed E-state index contributed by atoms with van der Waals surface area (Å²) in [6, 6.07) is 16.7. The number of rotatable bonds is 5. The Morgan fingerprint density at radius 1 is 0.897 bits per heavy atom. The molecule has 2 atom stereocenters. The Morgan fingerprint density at radius 3 is 2.24 bits per heavy atom. The van der Waals surface area contributed by atoms with Crippen LogP contribution in [0.1, 0.15) is 25.3 Å². The molecule has 2 aromatic carbocycles. The molecule has 1 unspecified atom stereocenters. The van der Waals surface area contributed by atoms with Gasteiger partial charge in [-0.3, -0.25) is 9.79 Å². The lowest BCUT2D eigenvalue weighted by molar-refractivity contribution is -0.143. The van der Waals surface area contributed by atoms with Crippen LogP contribution in [0.4, 0.5) is 0 Å². The Kier molecular flexibility index (Phi) is 6.12. The topological polar surface area (TPSA) is 74.2 Å². The molecule has 3 rings (SSSR count). The molecule has 0 saturated carbocycles. The number of ether oxygens (including phenoxy) is 3. The first kappa shape index (κ1) is 20.3. The average Bonchev–Trinajstić information content (AvgIpc) is 2.73. The number of carbonyl (C=O) groups excluding carboxylic acids is 2. The average molecular weight is 393 g/mol. The van der Waals surface area contributed by atoms with Gasteiger partial charge in [0.2, 0.25) is 0 Å². The molecule has 0 radical (unpaired) electrons. The van der Waals surface area contributed by atoms with Crippen molar-refractivity contribution in [2.24, 2.45) is 10.9 Å². The van der Waals surface area contributed by atoms with E-state index in [0.29, 0.717) is 28.5 Å². The molecule has 0 bridgehead atoms. The van der Waals surface area contributed by atoms with Crippen LogP contribution < -0.4 is 4.74 Å². The highest BCUT2D eigenvalue weighted by atomic mass is 16.5. The fourth-order valence-corrected chi connectivity index (χ4v) is 3.60. The first-order valence-corrected chi connectivity index (χ1v) is 9.21. The number of para-hydroxylation sites is 1. The maximum Gasteiger partial charge on any atom is 0.336 e. The number of allylic oxidation sites excluding steroid dienone is 1. The van der Waals surface area contributed by atoms with Crippen molar-refractivity contribution in [1.82, 2.24) is 0 Å². The molecule has 0 aromatic heterocycles. The number of aliphatic imine (C=N–C) groups is 1. The monoisotopic (exact) mass is 393 g/mol. The molecule has 0 aliphatic carbocycles. The van der Waals surface area contributed by atoms with Crippen LogP contribution in [0.15, 0.2) is 70.9 Å². The number of carbonyl (C=O) groups is 2. The number of nitrogens with zero attached hydrogens (tertiary/aromatic N) is 1. The van der Waals surface area contributed by atoms with Crippen molar-refractivity contribution in [2.45, 2.75) is 19.8 Å². The Hall–Kier alpha value is -3.41. The van der Waals surface area contributed by atoms with E-state index in [4.69, 9.17) is 14.2 Å². The van der Waals surface area contributed by atoms with Gasteiger partial charge in [-0.2, -0.15) is 0 Å². The second-order valence-corrected chi connectivity index (χ2v) is 6.71. The van der Waals surface area contributed by atoms with Crippen LogP contribution >= 0.6 is 0 Å². The normalized spacial score (nSPS) is 18.7. The minimum atomic E-state index is -0.732. The molecule has 1 heterocycles. The van der Waals surface area contributed by atoms with Gasteiger partial charge in [-0.1, -0.05) is 30.3 Å². The van der Waals surface area contributed by atoms with E-state index in [1.54, 1.807) is 13.8 Å². The molecule has 6 heteroatoms. The van der Waals surface area contributed by atoms with Crippen molar-refractivity contribution in [3.63, 3.8) is 0 Å². The molecule has 0 fully saturated rings. The highest BCUT2D eigenvalue weighted by Gasteiger charge is 2.42. The zero-order valence-corrected chi connectivity index (χ0v) is 16.8. The summed E-state index contributed by atoms with van der Waals surface area (Å²) >= 11 is 0. The molecule has 6 nitrogen and oxygen atoms in total. The Balaban J connectivity index is 2.08. The number of esters is 2. The summed E-state index contributed by atoms with van der Waals surface area (Å²) in [6.07, 6.45) is 0. The fourth-order valence-electron chi connectivity index (χ4n) is 3.60. The minimum absolute atomic E-state index is 0.338. The Bertz CT molecular complexity index is 978. The van der Waals surface area contributed by atoms with Gasteiger partial charge in [-0.05, 0) is 43.7 Å². The summed E-state index contributed by atoms with van der Waals surface area (Å²) in [5, 5.41) is 0. The third kappa shape index (κ3) is 4.21. The Morgan fingerprint density at radius 2 is 1.59 bits per heavy atom. The molecule has 2 aromatic rings. The summed E-state index contributed by atoms with van der Waals surface area (Å²) in [5.74, 6) is -1.02. The van der Waals surface area contributed by atoms with Gasteiger partial charge in [0.1, 0.15) is 17.4 Å². The molecule has 150 valence electrons. The van der Waals surface area contributed by atoms with E-state index >= 15 is 0 Å². The molecular formula is C23H23NO5. The molecule has 29 heavy (non-hydrogen) atoms. The van der Waals surface area contributed by atoms with Crippen molar-refractivity contribution in [2.75, 3.05) is 14.2 Å². The van der Waals surface area contributed by atoms with Gasteiger partial charge in [0, 0.05) is 17.3 Å². The maximum atomic E-state index is 12.6. The fraction of sp³-hybridized carbons (Fsp3) is 0.261. The van der Waals surface area contributed by atoms with E-state index in [2.05, 4.69) is 4.99 Å². The predicted octanol–water partition coefficient (Wildman–Crippen LogP) is 4.27. The summed E-state index contributed by atoms with van der Waals surface area (Å²) in [6.45, 7) is 3.50. The number of methoxy groups -OCH3 is 2. The molecule has 0 amide bonds. The van der Waals surface area contributed by atoms with Crippen molar-refractivity contribution < 1.29 is 23.8 Å². The van der Waals surface area contributed by atoms with Crippen molar-refractivity contribution in [1.29, 1.82) is 0 Å². The van der Waals surface area contributed by atoms with Crippen molar-refractivity contribution >= 4 is 17.7 Å². The van der Waals surface area contributed by atoms with Gasteiger partial charge < -0.3 is 14.2 Å². The summed E-state index contributed by atoms with van der Waals surface area (Å²) in [4.78, 5) is 29.6. The largest absolute Gasteiger partial charge is 0.468 e. The first-order chi connectivity index (χ1) is 14.0. The maximum absolute atomic E-state index is 12.6. The predicted molar refractivity (Wildman–Crippen MR) is 109 cm³/mol. The number of hydrogen-bond donors (Lipinski definition) is 0. The lowest BCUT2D eigenvalue weighted by Crippen LogP contribution is -2.36. The minimum Gasteiger partial charge on any atom is -0.468 e. The second-order valence-electron chi connectivity index (χ2n) is 6.71. The first-order valence-electron chi connectivity index (χ1n) is 9.21. The lowest BCUT2D eigenvalue weighted by atomic mass is 9.75. The summed E-state index contributed by atoms with van der Waals surface area (Å²) in [5.41, 5.74) is 2.18.